The molecular weight excluding hydrogens is 356 g/mol. The van der Waals surface area contributed by atoms with Gasteiger partial charge in [0.1, 0.15) is 17.2 Å². The van der Waals surface area contributed by atoms with E-state index in [9.17, 15) is 13.2 Å². The number of para-hydroxylation sites is 1. The molecule has 0 fully saturated rings. The Hall–Kier alpha value is -2.42. The highest BCUT2D eigenvalue weighted by Crippen LogP contribution is 2.30. The molecule has 3 aromatic rings. The van der Waals surface area contributed by atoms with Crippen LogP contribution in [0.5, 0.6) is 0 Å². The summed E-state index contributed by atoms with van der Waals surface area (Å²) in [6.07, 6.45) is 0.562. The molecule has 3 N–H and O–H groups in total. The Morgan fingerprint density at radius 2 is 1.85 bits per heavy atom. The lowest BCUT2D eigenvalue weighted by Gasteiger charge is -2.22. The molecule has 1 heterocycles. The standard InChI is InChI=1S/C18H20N2O5S/c1-3-11(2)17(18(21)19-22)20-26(23,24)12-8-9-16-14(10-12)13-6-4-5-7-15(13)25-16/h4-11,17,20,22H,3H2,1-2H3,(H,19,21)/t11?,17-/m0/s1. The van der Waals surface area contributed by atoms with Gasteiger partial charge < -0.3 is 4.42 Å². The summed E-state index contributed by atoms with van der Waals surface area (Å²) in [6, 6.07) is 10.8. The number of hydrogen-bond donors (Lipinski definition) is 3. The van der Waals surface area contributed by atoms with Crippen LogP contribution in [0.1, 0.15) is 20.3 Å². The van der Waals surface area contributed by atoms with E-state index in [4.69, 9.17) is 9.62 Å². The van der Waals surface area contributed by atoms with Gasteiger partial charge in [-0.05, 0) is 30.2 Å². The quantitative estimate of drug-likeness (QED) is 0.453. The van der Waals surface area contributed by atoms with Crippen molar-refractivity contribution in [1.29, 1.82) is 0 Å². The second kappa shape index (κ2) is 7.06. The largest absolute Gasteiger partial charge is 0.456 e. The smallest absolute Gasteiger partial charge is 0.261 e. The van der Waals surface area contributed by atoms with Crippen LogP contribution in [0.3, 0.4) is 0 Å². The molecule has 0 aliphatic carbocycles. The van der Waals surface area contributed by atoms with Crippen molar-refractivity contribution in [1.82, 2.24) is 10.2 Å². The van der Waals surface area contributed by atoms with Crippen molar-refractivity contribution in [2.75, 3.05) is 0 Å². The molecular formula is C18H20N2O5S. The van der Waals surface area contributed by atoms with Gasteiger partial charge in [-0.1, -0.05) is 38.5 Å². The number of carbonyl (C=O) groups excluding carboxylic acids is 1. The van der Waals surface area contributed by atoms with E-state index in [0.717, 1.165) is 5.39 Å². The average Bonchev–Trinajstić information content (AvgIpc) is 3.02. The van der Waals surface area contributed by atoms with Gasteiger partial charge in [-0.2, -0.15) is 4.72 Å². The van der Waals surface area contributed by atoms with Gasteiger partial charge in [0.25, 0.3) is 5.91 Å². The molecule has 3 rings (SSSR count). The Balaban J connectivity index is 2.03. The molecule has 1 unspecified atom stereocenters. The van der Waals surface area contributed by atoms with E-state index in [1.54, 1.807) is 13.0 Å². The topological polar surface area (TPSA) is 109 Å². The summed E-state index contributed by atoms with van der Waals surface area (Å²) in [5.74, 6) is -1.09. The van der Waals surface area contributed by atoms with Crippen molar-refractivity contribution in [3.05, 3.63) is 42.5 Å². The molecule has 0 aliphatic rings. The fourth-order valence-electron chi connectivity index (χ4n) is 2.84. The Morgan fingerprint density at radius 3 is 2.54 bits per heavy atom. The number of rotatable bonds is 6. The van der Waals surface area contributed by atoms with Crippen LogP contribution < -0.4 is 10.2 Å². The van der Waals surface area contributed by atoms with E-state index in [-0.39, 0.29) is 10.8 Å². The number of hydrogen-bond acceptors (Lipinski definition) is 5. The number of benzene rings is 2. The van der Waals surface area contributed by atoms with Crippen molar-refractivity contribution in [3.8, 4) is 0 Å². The summed E-state index contributed by atoms with van der Waals surface area (Å²) in [4.78, 5) is 11.9. The van der Waals surface area contributed by atoms with Crippen LogP contribution in [0.4, 0.5) is 0 Å². The Kier molecular flexibility index (Phi) is 4.99. The summed E-state index contributed by atoms with van der Waals surface area (Å²) in [7, 11) is -3.97. The molecule has 7 nitrogen and oxygen atoms in total. The van der Waals surface area contributed by atoms with Gasteiger partial charge in [0.2, 0.25) is 10.0 Å². The monoisotopic (exact) mass is 376 g/mol. The summed E-state index contributed by atoms with van der Waals surface area (Å²) in [6.45, 7) is 3.56. The zero-order chi connectivity index (χ0) is 18.9. The van der Waals surface area contributed by atoms with Gasteiger partial charge in [-0.3, -0.25) is 10.0 Å². The van der Waals surface area contributed by atoms with Crippen molar-refractivity contribution in [2.24, 2.45) is 5.92 Å². The van der Waals surface area contributed by atoms with Gasteiger partial charge in [0, 0.05) is 10.8 Å². The summed E-state index contributed by atoms with van der Waals surface area (Å²) in [5, 5.41) is 10.4. The molecule has 138 valence electrons. The molecule has 1 aromatic heterocycles. The van der Waals surface area contributed by atoms with E-state index in [0.29, 0.717) is 23.0 Å². The first-order valence-corrected chi connectivity index (χ1v) is 9.73. The zero-order valence-electron chi connectivity index (χ0n) is 14.4. The minimum absolute atomic E-state index is 0.0237. The lowest BCUT2D eigenvalue weighted by atomic mass is 10.00. The molecule has 26 heavy (non-hydrogen) atoms. The molecule has 0 saturated heterocycles. The molecule has 0 saturated carbocycles. The summed E-state index contributed by atoms with van der Waals surface area (Å²) >= 11 is 0. The molecule has 0 spiro atoms. The number of fused-ring (bicyclic) bond motifs is 3. The third kappa shape index (κ3) is 3.31. The SMILES string of the molecule is CCC(C)[C@H](NS(=O)(=O)c1ccc2oc3ccccc3c2c1)C(=O)NO. The van der Waals surface area contributed by atoms with E-state index in [1.807, 2.05) is 31.2 Å². The predicted octanol–water partition coefficient (Wildman–Crippen LogP) is 2.78. The molecule has 0 radical (unpaired) electrons. The maximum Gasteiger partial charge on any atom is 0.261 e. The van der Waals surface area contributed by atoms with Crippen LogP contribution >= 0.6 is 0 Å². The number of sulfonamides is 1. The zero-order valence-corrected chi connectivity index (χ0v) is 15.2. The van der Waals surface area contributed by atoms with Crippen molar-refractivity contribution in [2.45, 2.75) is 31.2 Å². The third-order valence-electron chi connectivity index (χ3n) is 4.55. The molecule has 2 aromatic carbocycles. The number of hydroxylamine groups is 1. The highest BCUT2D eigenvalue weighted by Gasteiger charge is 2.29. The van der Waals surface area contributed by atoms with Crippen LogP contribution in [-0.2, 0) is 14.8 Å². The molecule has 8 heteroatoms. The number of furan rings is 1. The molecule has 2 atom stereocenters. The van der Waals surface area contributed by atoms with Crippen molar-refractivity contribution >= 4 is 37.9 Å². The van der Waals surface area contributed by atoms with E-state index < -0.39 is 22.0 Å². The van der Waals surface area contributed by atoms with Crippen LogP contribution in [0.25, 0.3) is 21.9 Å². The minimum atomic E-state index is -3.97. The fourth-order valence-corrected chi connectivity index (χ4v) is 4.17. The van der Waals surface area contributed by atoms with Gasteiger partial charge in [-0.15, -0.1) is 0 Å². The van der Waals surface area contributed by atoms with Gasteiger partial charge >= 0.3 is 0 Å². The Bertz CT molecular complexity index is 1060. The normalized spacial score (nSPS) is 14.4. The number of nitrogens with one attached hydrogen (secondary N) is 2. The maximum absolute atomic E-state index is 12.8. The Morgan fingerprint density at radius 1 is 1.15 bits per heavy atom. The molecule has 0 aliphatic heterocycles. The first-order valence-electron chi connectivity index (χ1n) is 8.25. The summed E-state index contributed by atoms with van der Waals surface area (Å²) in [5.41, 5.74) is 2.77. The van der Waals surface area contributed by atoms with E-state index >= 15 is 0 Å². The van der Waals surface area contributed by atoms with Crippen LogP contribution in [0.15, 0.2) is 51.8 Å². The lowest BCUT2D eigenvalue weighted by Crippen LogP contribution is -2.49. The second-order valence-corrected chi connectivity index (χ2v) is 7.93. The van der Waals surface area contributed by atoms with Crippen LogP contribution in [-0.4, -0.2) is 25.6 Å². The van der Waals surface area contributed by atoms with Crippen molar-refractivity contribution < 1.29 is 22.8 Å². The fraction of sp³-hybridized carbons (Fsp3) is 0.278. The van der Waals surface area contributed by atoms with Crippen LogP contribution in [0, 0.1) is 5.92 Å². The van der Waals surface area contributed by atoms with Gasteiger partial charge in [-0.25, -0.2) is 13.9 Å². The first-order chi connectivity index (χ1) is 12.4. The van der Waals surface area contributed by atoms with Crippen LogP contribution in [0.2, 0.25) is 0 Å². The average molecular weight is 376 g/mol. The van der Waals surface area contributed by atoms with Crippen molar-refractivity contribution in [3.63, 3.8) is 0 Å². The second-order valence-electron chi connectivity index (χ2n) is 6.22. The predicted molar refractivity (Wildman–Crippen MR) is 97.2 cm³/mol. The van der Waals surface area contributed by atoms with Gasteiger partial charge in [0.15, 0.2) is 0 Å². The Labute approximate surface area is 151 Å². The molecule has 1 amide bonds. The highest BCUT2D eigenvalue weighted by atomic mass is 32.2. The lowest BCUT2D eigenvalue weighted by molar-refractivity contribution is -0.132. The maximum atomic E-state index is 12.8. The minimum Gasteiger partial charge on any atom is -0.456 e. The van der Waals surface area contributed by atoms with E-state index in [2.05, 4.69) is 4.72 Å². The number of amides is 1. The third-order valence-corrected chi connectivity index (χ3v) is 5.99. The number of carbonyl (C=O) groups is 1. The highest BCUT2D eigenvalue weighted by molar-refractivity contribution is 7.89. The van der Waals surface area contributed by atoms with Gasteiger partial charge in [0.05, 0.1) is 4.90 Å². The summed E-state index contributed by atoms with van der Waals surface area (Å²) < 4.78 is 33.6. The van der Waals surface area contributed by atoms with E-state index in [1.165, 1.54) is 17.6 Å². The first kappa shape index (κ1) is 18.4. The molecule has 0 bridgehead atoms.